The molecule has 3 aromatic rings. The monoisotopic (exact) mass is 485 g/mol. The Morgan fingerprint density at radius 3 is 2.30 bits per heavy atom. The van der Waals surface area contributed by atoms with E-state index in [2.05, 4.69) is 10.0 Å². The Morgan fingerprint density at radius 1 is 1.00 bits per heavy atom. The second kappa shape index (κ2) is 10.5. The van der Waals surface area contributed by atoms with Crippen molar-refractivity contribution in [1.82, 2.24) is 0 Å². The molecule has 33 heavy (non-hydrogen) atoms. The van der Waals surface area contributed by atoms with E-state index in [4.69, 9.17) is 0 Å². The van der Waals surface area contributed by atoms with E-state index in [9.17, 15) is 23.3 Å². The first-order chi connectivity index (χ1) is 15.6. The maximum absolute atomic E-state index is 12.7. The molecule has 0 atom stereocenters. The molecule has 0 unspecified atom stereocenters. The van der Waals surface area contributed by atoms with Crippen LogP contribution in [-0.4, -0.2) is 25.0 Å². The molecule has 0 spiro atoms. The van der Waals surface area contributed by atoms with E-state index >= 15 is 0 Å². The number of sulfonamides is 1. The highest BCUT2D eigenvalue weighted by atomic mass is 32.2. The second-order valence-electron chi connectivity index (χ2n) is 7.41. The molecule has 3 rings (SSSR count). The predicted octanol–water partition coefficient (Wildman–Crippen LogP) is 4.88. The summed E-state index contributed by atoms with van der Waals surface area (Å²) in [6.45, 7) is 3.72. The number of non-ortho nitro benzene ring substituents is 1. The van der Waals surface area contributed by atoms with Gasteiger partial charge >= 0.3 is 0 Å². The minimum atomic E-state index is -3.76. The van der Waals surface area contributed by atoms with Gasteiger partial charge in [0.05, 0.1) is 21.3 Å². The van der Waals surface area contributed by atoms with E-state index in [0.717, 1.165) is 16.7 Å². The first-order valence-corrected chi connectivity index (χ1v) is 12.6. The van der Waals surface area contributed by atoms with Gasteiger partial charge in [0.15, 0.2) is 0 Å². The van der Waals surface area contributed by atoms with Gasteiger partial charge in [0.25, 0.3) is 15.7 Å². The number of thioether (sulfide) groups is 1. The zero-order chi connectivity index (χ0) is 24.0. The number of nitrogens with zero attached hydrogens (tertiary/aromatic N) is 1. The molecular weight excluding hydrogens is 462 g/mol. The van der Waals surface area contributed by atoms with Crippen LogP contribution >= 0.6 is 11.8 Å². The minimum absolute atomic E-state index is 0.0242. The summed E-state index contributed by atoms with van der Waals surface area (Å²) in [5, 5.41) is 13.4. The quantitative estimate of drug-likeness (QED) is 0.329. The number of anilines is 2. The summed E-state index contributed by atoms with van der Waals surface area (Å²) < 4.78 is 28.0. The van der Waals surface area contributed by atoms with Gasteiger partial charge in [-0.1, -0.05) is 24.3 Å². The Labute approximate surface area is 196 Å². The second-order valence-corrected chi connectivity index (χ2v) is 10.1. The number of benzene rings is 3. The zero-order valence-electron chi connectivity index (χ0n) is 18.1. The molecule has 0 saturated heterocycles. The molecule has 10 heteroatoms. The van der Waals surface area contributed by atoms with Crippen LogP contribution in [0, 0.1) is 24.0 Å². The van der Waals surface area contributed by atoms with Crippen molar-refractivity contribution in [3.8, 4) is 0 Å². The van der Waals surface area contributed by atoms with Crippen molar-refractivity contribution in [3.63, 3.8) is 0 Å². The molecule has 1 amide bonds. The maximum Gasteiger partial charge on any atom is 0.269 e. The van der Waals surface area contributed by atoms with Crippen molar-refractivity contribution in [2.75, 3.05) is 15.8 Å². The van der Waals surface area contributed by atoms with Crippen LogP contribution in [0.2, 0.25) is 0 Å². The standard InChI is InChI=1S/C23H23N3O5S2/c1-16-3-4-17(2)22(13-16)25-33(30,31)21-11-7-19(8-12-21)24-23(27)15-32-14-18-5-9-20(10-6-18)26(28)29/h3-13,25H,14-15H2,1-2H3,(H,24,27). The van der Waals surface area contributed by atoms with Crippen molar-refractivity contribution in [3.05, 3.63) is 93.5 Å². The predicted molar refractivity (Wildman–Crippen MR) is 131 cm³/mol. The normalized spacial score (nSPS) is 11.1. The number of hydrogen-bond acceptors (Lipinski definition) is 6. The van der Waals surface area contributed by atoms with Crippen molar-refractivity contribution in [2.45, 2.75) is 24.5 Å². The smallest absolute Gasteiger partial charge is 0.269 e. The fourth-order valence-electron chi connectivity index (χ4n) is 2.94. The van der Waals surface area contributed by atoms with Crippen LogP contribution in [0.25, 0.3) is 0 Å². The van der Waals surface area contributed by atoms with E-state index < -0.39 is 14.9 Å². The van der Waals surface area contributed by atoms with Crippen molar-refractivity contribution < 1.29 is 18.1 Å². The van der Waals surface area contributed by atoms with Crippen LogP contribution < -0.4 is 10.0 Å². The van der Waals surface area contributed by atoms with Gasteiger partial charge in [-0.3, -0.25) is 19.6 Å². The molecule has 0 bridgehead atoms. The molecule has 0 fully saturated rings. The molecule has 2 N–H and O–H groups in total. The highest BCUT2D eigenvalue weighted by Gasteiger charge is 2.16. The summed E-state index contributed by atoms with van der Waals surface area (Å²) in [7, 11) is -3.76. The highest BCUT2D eigenvalue weighted by Crippen LogP contribution is 2.22. The minimum Gasteiger partial charge on any atom is -0.325 e. The number of carbonyl (C=O) groups is 1. The lowest BCUT2D eigenvalue weighted by molar-refractivity contribution is -0.384. The number of hydrogen-bond donors (Lipinski definition) is 2. The molecular formula is C23H23N3O5S2. The first-order valence-electron chi connectivity index (χ1n) is 9.95. The Balaban J connectivity index is 1.53. The first kappa shape index (κ1) is 24.3. The molecule has 0 heterocycles. The maximum atomic E-state index is 12.7. The van der Waals surface area contributed by atoms with Crippen molar-refractivity contribution >= 4 is 44.8 Å². The number of carbonyl (C=O) groups excluding carboxylic acids is 1. The van der Waals surface area contributed by atoms with Gasteiger partial charge in [0.2, 0.25) is 5.91 Å². The van der Waals surface area contributed by atoms with E-state index in [1.54, 1.807) is 18.2 Å². The molecule has 0 aliphatic heterocycles. The molecule has 172 valence electrons. The molecule has 8 nitrogen and oxygen atoms in total. The van der Waals surface area contributed by atoms with Crippen LogP contribution in [0.15, 0.2) is 71.6 Å². The summed E-state index contributed by atoms with van der Waals surface area (Å²) >= 11 is 1.37. The summed E-state index contributed by atoms with van der Waals surface area (Å²) in [5.74, 6) is 0.490. The van der Waals surface area contributed by atoms with Gasteiger partial charge < -0.3 is 5.32 Å². The van der Waals surface area contributed by atoms with Crippen molar-refractivity contribution in [1.29, 1.82) is 0 Å². The topological polar surface area (TPSA) is 118 Å². The number of rotatable bonds is 9. The Kier molecular flexibility index (Phi) is 7.72. The molecule has 3 aromatic carbocycles. The number of nitro groups is 1. The number of aryl methyl sites for hydroxylation is 2. The summed E-state index contributed by atoms with van der Waals surface area (Å²) in [6, 6.07) is 17.7. The Morgan fingerprint density at radius 2 is 1.67 bits per heavy atom. The van der Waals surface area contributed by atoms with Crippen molar-refractivity contribution in [2.24, 2.45) is 0 Å². The highest BCUT2D eigenvalue weighted by molar-refractivity contribution is 7.99. The number of nitro benzene ring substituents is 1. The van der Waals surface area contributed by atoms with Gasteiger partial charge in [0.1, 0.15) is 0 Å². The molecule has 0 aliphatic carbocycles. The van der Waals surface area contributed by atoms with Gasteiger partial charge in [-0.25, -0.2) is 8.42 Å². The third-order valence-corrected chi connectivity index (χ3v) is 7.12. The van der Waals surface area contributed by atoms with Gasteiger partial charge in [-0.15, -0.1) is 11.8 Å². The Hall–Kier alpha value is -3.37. The Bertz CT molecular complexity index is 1260. The van der Waals surface area contributed by atoms with Crippen LogP contribution in [0.1, 0.15) is 16.7 Å². The average molecular weight is 486 g/mol. The van der Waals surface area contributed by atoms with Gasteiger partial charge in [-0.2, -0.15) is 0 Å². The number of amides is 1. The van der Waals surface area contributed by atoms with Crippen LogP contribution in [0.3, 0.4) is 0 Å². The third kappa shape index (κ3) is 6.80. The molecule has 0 radical (unpaired) electrons. The molecule has 0 aromatic heterocycles. The fourth-order valence-corrected chi connectivity index (χ4v) is 4.85. The lowest BCUT2D eigenvalue weighted by Gasteiger charge is -2.12. The van der Waals surface area contributed by atoms with Gasteiger partial charge in [0, 0.05) is 23.6 Å². The lowest BCUT2D eigenvalue weighted by Crippen LogP contribution is -2.15. The third-order valence-electron chi connectivity index (χ3n) is 4.73. The zero-order valence-corrected chi connectivity index (χ0v) is 19.7. The van der Waals surface area contributed by atoms with Crippen LogP contribution in [-0.2, 0) is 20.6 Å². The number of nitrogens with one attached hydrogen (secondary N) is 2. The summed E-state index contributed by atoms with van der Waals surface area (Å²) in [4.78, 5) is 22.5. The van der Waals surface area contributed by atoms with Gasteiger partial charge in [-0.05, 0) is 60.9 Å². The van der Waals surface area contributed by atoms with Crippen LogP contribution in [0.4, 0.5) is 17.1 Å². The lowest BCUT2D eigenvalue weighted by atomic mass is 10.1. The summed E-state index contributed by atoms with van der Waals surface area (Å²) in [5.41, 5.74) is 3.68. The van der Waals surface area contributed by atoms with E-state index in [1.807, 2.05) is 26.0 Å². The average Bonchev–Trinajstić information content (AvgIpc) is 2.77. The largest absolute Gasteiger partial charge is 0.325 e. The SMILES string of the molecule is Cc1ccc(C)c(NS(=O)(=O)c2ccc(NC(=O)CSCc3ccc([N+](=O)[O-])cc3)cc2)c1. The molecule has 0 saturated carbocycles. The summed E-state index contributed by atoms with van der Waals surface area (Å²) in [6.07, 6.45) is 0. The van der Waals surface area contributed by atoms with E-state index in [0.29, 0.717) is 17.1 Å². The van der Waals surface area contributed by atoms with Crippen LogP contribution in [0.5, 0.6) is 0 Å². The van der Waals surface area contributed by atoms with E-state index in [-0.39, 0.29) is 22.2 Å². The molecule has 0 aliphatic rings. The van der Waals surface area contributed by atoms with E-state index in [1.165, 1.54) is 48.2 Å². The fraction of sp³-hybridized carbons (Fsp3) is 0.174.